The molecule has 1 aromatic carbocycles. The second kappa shape index (κ2) is 12.9. The van der Waals surface area contributed by atoms with E-state index in [2.05, 4.69) is 20.4 Å². The SMILES string of the molecule is Cc1sc(N)nc1C(=NOC(COc1ccc(C(N)=NCCN)cc1)C(=O)O)C(=O)N[C@@H]1C(=O)N(S(=O)(=O)O)[C@H]1C. The predicted octanol–water partition coefficient (Wildman–Crippen LogP) is -1.53. The fraction of sp³-hybridized carbons (Fsp3) is 0.364. The second-order valence-electron chi connectivity index (χ2n) is 8.52. The van der Waals surface area contributed by atoms with Gasteiger partial charge in [0, 0.05) is 17.0 Å². The predicted molar refractivity (Wildman–Crippen MR) is 147 cm³/mol. The number of hydrogen-bond acceptors (Lipinski definition) is 13. The maximum absolute atomic E-state index is 13.1. The van der Waals surface area contributed by atoms with Crippen molar-refractivity contribution in [3.05, 3.63) is 40.4 Å². The fourth-order valence-corrected chi connectivity index (χ4v) is 5.15. The Morgan fingerprint density at radius 2 is 1.95 bits per heavy atom. The number of nitrogen functional groups attached to an aromatic ring is 1. The number of thiazole rings is 1. The van der Waals surface area contributed by atoms with Crippen molar-refractivity contribution in [2.24, 2.45) is 21.6 Å². The van der Waals surface area contributed by atoms with Crippen molar-refractivity contribution in [2.45, 2.75) is 32.0 Å². The Morgan fingerprint density at radius 1 is 1.29 bits per heavy atom. The van der Waals surface area contributed by atoms with Crippen LogP contribution in [0.1, 0.15) is 23.1 Å². The Labute approximate surface area is 237 Å². The van der Waals surface area contributed by atoms with Gasteiger partial charge in [0.1, 0.15) is 29.9 Å². The minimum Gasteiger partial charge on any atom is -0.489 e. The van der Waals surface area contributed by atoms with Gasteiger partial charge in [-0.2, -0.15) is 8.42 Å². The lowest BCUT2D eigenvalue weighted by atomic mass is 10.0. The molecule has 1 aliphatic heterocycles. The van der Waals surface area contributed by atoms with Gasteiger partial charge in [0.05, 0.1) is 12.6 Å². The second-order valence-corrected chi connectivity index (χ2v) is 11.0. The van der Waals surface area contributed by atoms with E-state index in [0.29, 0.717) is 23.5 Å². The Bertz CT molecular complexity index is 1470. The summed E-state index contributed by atoms with van der Waals surface area (Å²) in [5.41, 5.74) is 17.0. The number of carboxylic acids is 1. The number of rotatable bonds is 13. The van der Waals surface area contributed by atoms with E-state index in [1.54, 1.807) is 19.1 Å². The van der Waals surface area contributed by atoms with E-state index in [1.165, 1.54) is 19.1 Å². The van der Waals surface area contributed by atoms with Gasteiger partial charge < -0.3 is 37.2 Å². The highest BCUT2D eigenvalue weighted by atomic mass is 32.2. The van der Waals surface area contributed by atoms with E-state index >= 15 is 0 Å². The number of carbonyl (C=O) groups is 3. The van der Waals surface area contributed by atoms with Crippen LogP contribution >= 0.6 is 11.3 Å². The van der Waals surface area contributed by atoms with Crippen LogP contribution in [0.4, 0.5) is 5.13 Å². The number of carbonyl (C=O) groups excluding carboxylic acids is 2. The number of β-lactam (4-membered cyclic amide) rings is 1. The number of aryl methyl sites for hydroxylation is 1. The molecule has 0 spiro atoms. The quantitative estimate of drug-likeness (QED) is 0.0493. The Balaban J connectivity index is 1.76. The highest BCUT2D eigenvalue weighted by Crippen LogP contribution is 2.24. The lowest BCUT2D eigenvalue weighted by Gasteiger charge is -2.42. The molecule has 17 nitrogen and oxygen atoms in total. The zero-order valence-corrected chi connectivity index (χ0v) is 23.4. The Hall–Kier alpha value is -4.33. The van der Waals surface area contributed by atoms with Crippen molar-refractivity contribution in [3.8, 4) is 5.75 Å². The molecule has 1 aliphatic rings. The van der Waals surface area contributed by atoms with Gasteiger partial charge in [0.15, 0.2) is 10.8 Å². The molecule has 0 saturated carbocycles. The minimum atomic E-state index is -4.83. The molecule has 3 rings (SSSR count). The molecule has 0 bridgehead atoms. The molecule has 1 fully saturated rings. The van der Waals surface area contributed by atoms with Crippen LogP contribution in [-0.4, -0.2) is 94.6 Å². The van der Waals surface area contributed by atoms with E-state index in [4.69, 9.17) is 26.8 Å². The number of nitrogens with two attached hydrogens (primary N) is 3. The molecule has 2 amide bonds. The van der Waals surface area contributed by atoms with E-state index in [9.17, 15) is 32.5 Å². The molecule has 9 N–H and O–H groups in total. The number of aliphatic carboxylic acids is 1. The first-order valence-electron chi connectivity index (χ1n) is 11.8. The van der Waals surface area contributed by atoms with Crippen molar-refractivity contribution >= 4 is 56.1 Å². The van der Waals surface area contributed by atoms with Gasteiger partial charge in [-0.05, 0) is 38.1 Å². The van der Waals surface area contributed by atoms with Gasteiger partial charge in [-0.1, -0.05) is 5.16 Å². The summed E-state index contributed by atoms with van der Waals surface area (Å²) in [7, 11) is -4.83. The molecule has 19 heteroatoms. The van der Waals surface area contributed by atoms with Crippen molar-refractivity contribution in [1.82, 2.24) is 14.6 Å². The first-order valence-corrected chi connectivity index (χ1v) is 14.0. The summed E-state index contributed by atoms with van der Waals surface area (Å²) in [6, 6.07) is 3.86. The van der Waals surface area contributed by atoms with Crippen LogP contribution < -0.4 is 27.3 Å². The number of amidine groups is 1. The summed E-state index contributed by atoms with van der Waals surface area (Å²) in [6.07, 6.45) is -1.69. The average molecular weight is 613 g/mol. The Morgan fingerprint density at radius 3 is 2.46 bits per heavy atom. The van der Waals surface area contributed by atoms with Crippen LogP contribution in [0.25, 0.3) is 0 Å². The molecule has 0 aliphatic carbocycles. The van der Waals surface area contributed by atoms with Crippen LogP contribution in [0, 0.1) is 6.92 Å². The number of aromatic nitrogens is 1. The maximum atomic E-state index is 13.1. The number of benzene rings is 1. The molecule has 1 unspecified atom stereocenters. The monoisotopic (exact) mass is 612 g/mol. The molecule has 1 saturated heterocycles. The third-order valence-electron chi connectivity index (χ3n) is 5.63. The number of nitrogens with one attached hydrogen (secondary N) is 1. The zero-order chi connectivity index (χ0) is 30.5. The third kappa shape index (κ3) is 7.45. The molecule has 41 heavy (non-hydrogen) atoms. The molecular weight excluding hydrogens is 584 g/mol. The van der Waals surface area contributed by atoms with Crippen LogP contribution in [0.2, 0.25) is 0 Å². The van der Waals surface area contributed by atoms with Crippen LogP contribution in [0.5, 0.6) is 5.75 Å². The van der Waals surface area contributed by atoms with Crippen molar-refractivity contribution in [1.29, 1.82) is 0 Å². The number of nitrogens with zero attached hydrogens (tertiary/aromatic N) is 4. The smallest absolute Gasteiger partial charge is 0.362 e. The highest BCUT2D eigenvalue weighted by Gasteiger charge is 2.51. The lowest BCUT2D eigenvalue weighted by molar-refractivity contribution is -0.152. The molecule has 3 atom stereocenters. The summed E-state index contributed by atoms with van der Waals surface area (Å²) in [5, 5.41) is 15.7. The molecule has 2 heterocycles. The summed E-state index contributed by atoms with van der Waals surface area (Å²) in [6.45, 7) is 3.02. The van der Waals surface area contributed by atoms with Gasteiger partial charge in [0.2, 0.25) is 0 Å². The van der Waals surface area contributed by atoms with E-state index in [-0.39, 0.29) is 26.7 Å². The molecule has 2 aromatic rings. The summed E-state index contributed by atoms with van der Waals surface area (Å²) < 4.78 is 37.6. The van der Waals surface area contributed by atoms with Gasteiger partial charge >= 0.3 is 16.3 Å². The van der Waals surface area contributed by atoms with E-state index in [1.807, 2.05) is 0 Å². The van der Waals surface area contributed by atoms with Crippen molar-refractivity contribution < 1.29 is 42.0 Å². The zero-order valence-electron chi connectivity index (χ0n) is 21.8. The normalized spacial score (nSPS) is 18.4. The summed E-state index contributed by atoms with van der Waals surface area (Å²) >= 11 is 1.01. The molecule has 1 aromatic heterocycles. The van der Waals surface area contributed by atoms with Gasteiger partial charge in [-0.25, -0.2) is 14.1 Å². The van der Waals surface area contributed by atoms with Crippen molar-refractivity contribution in [2.75, 3.05) is 25.4 Å². The maximum Gasteiger partial charge on any atom is 0.362 e. The van der Waals surface area contributed by atoms with Crippen LogP contribution in [0.3, 0.4) is 0 Å². The number of ether oxygens (including phenoxy) is 1. The number of aliphatic imine (C=N–C) groups is 1. The third-order valence-corrected chi connectivity index (χ3v) is 7.44. The van der Waals surface area contributed by atoms with E-state index in [0.717, 1.165) is 11.3 Å². The number of hydrogen-bond donors (Lipinski definition) is 6. The topological polar surface area (TPSA) is 275 Å². The highest BCUT2D eigenvalue weighted by molar-refractivity contribution is 7.84. The average Bonchev–Trinajstić information content (AvgIpc) is 3.24. The first kappa shape index (κ1) is 31.2. The van der Waals surface area contributed by atoms with Gasteiger partial charge in [0.25, 0.3) is 17.9 Å². The van der Waals surface area contributed by atoms with Crippen LogP contribution in [-0.2, 0) is 29.5 Å². The molecule has 222 valence electrons. The number of amides is 2. The summed E-state index contributed by atoms with van der Waals surface area (Å²) in [4.78, 5) is 50.8. The largest absolute Gasteiger partial charge is 0.489 e. The van der Waals surface area contributed by atoms with Crippen LogP contribution in [0.15, 0.2) is 34.4 Å². The van der Waals surface area contributed by atoms with Crippen molar-refractivity contribution in [3.63, 3.8) is 0 Å². The molecule has 0 radical (unpaired) electrons. The first-order chi connectivity index (χ1) is 19.2. The van der Waals surface area contributed by atoms with Gasteiger partial charge in [-0.15, -0.1) is 11.3 Å². The van der Waals surface area contributed by atoms with Gasteiger partial charge in [-0.3, -0.25) is 19.1 Å². The summed E-state index contributed by atoms with van der Waals surface area (Å²) in [5.74, 6) is -3.03. The fourth-order valence-electron chi connectivity index (χ4n) is 3.58. The molecular formula is C22H28N8O9S2. The Kier molecular flexibility index (Phi) is 9.81. The standard InChI is InChI=1S/C22H28N8O9S2/c1-10-15(20(32)30(10)41(35,36)37)27-19(31)17(16-11(2)40-22(25)28-16)29-39-14(21(33)34)9-38-13-5-3-12(4-6-13)18(24)26-8-7-23/h3-6,10,14-15H,7-9,23H2,1-2H3,(H2,24,26)(H2,25,28)(H,27,31)(H,33,34)(H,35,36,37)/t10-,14?,15-/m0/s1. The number of carboxylic acid groups (broad SMARTS) is 1. The lowest BCUT2D eigenvalue weighted by Crippen LogP contribution is -2.71. The number of oxime groups is 1. The minimum absolute atomic E-state index is 0.0504. The number of anilines is 1. The van der Waals surface area contributed by atoms with E-state index < -0.39 is 58.6 Å².